The van der Waals surface area contributed by atoms with Gasteiger partial charge in [-0.3, -0.25) is 0 Å². The molecule has 1 N–H and O–H groups in total. The van der Waals surface area contributed by atoms with Crippen molar-refractivity contribution in [1.29, 1.82) is 0 Å². The molecule has 0 atom stereocenters. The molecule has 0 aliphatic heterocycles. The van der Waals surface area contributed by atoms with Gasteiger partial charge >= 0.3 is 0 Å². The van der Waals surface area contributed by atoms with Crippen LogP contribution in [0.2, 0.25) is 0 Å². The standard InChI is InChI=1S/C12H17NO3S/c1-9(2)8-13-17(14,15)12-7-10(3)5-6-11(12)16-4/h5-7,13H,1,8H2,2-4H3. The average Bonchev–Trinajstić information content (AvgIpc) is 2.26. The molecule has 0 aliphatic rings. The lowest BCUT2D eigenvalue weighted by Crippen LogP contribution is -2.25. The molecule has 94 valence electrons. The van der Waals surface area contributed by atoms with Gasteiger partial charge in [-0.25, -0.2) is 13.1 Å². The van der Waals surface area contributed by atoms with Gasteiger partial charge in [0.2, 0.25) is 10.0 Å². The Kier molecular flexibility index (Phi) is 4.31. The van der Waals surface area contributed by atoms with Crippen LogP contribution in [0.5, 0.6) is 5.75 Å². The van der Waals surface area contributed by atoms with Crippen LogP contribution >= 0.6 is 0 Å². The predicted molar refractivity (Wildman–Crippen MR) is 67.7 cm³/mol. The van der Waals surface area contributed by atoms with Crippen LogP contribution in [0.4, 0.5) is 0 Å². The highest BCUT2D eigenvalue weighted by atomic mass is 32.2. The predicted octanol–water partition coefficient (Wildman–Crippen LogP) is 1.86. The van der Waals surface area contributed by atoms with Crippen molar-refractivity contribution in [2.24, 2.45) is 0 Å². The van der Waals surface area contributed by atoms with Crippen molar-refractivity contribution >= 4 is 10.0 Å². The van der Waals surface area contributed by atoms with E-state index in [1.54, 1.807) is 25.1 Å². The molecule has 5 heteroatoms. The largest absolute Gasteiger partial charge is 0.495 e. The third-order valence-corrected chi connectivity index (χ3v) is 3.60. The molecule has 0 heterocycles. The van der Waals surface area contributed by atoms with E-state index < -0.39 is 10.0 Å². The summed E-state index contributed by atoms with van der Waals surface area (Å²) in [5, 5.41) is 0. The van der Waals surface area contributed by atoms with Crippen molar-refractivity contribution in [3.63, 3.8) is 0 Å². The zero-order chi connectivity index (χ0) is 13.1. The van der Waals surface area contributed by atoms with Gasteiger partial charge in [0.05, 0.1) is 7.11 Å². The first kappa shape index (κ1) is 13.7. The van der Waals surface area contributed by atoms with E-state index in [4.69, 9.17) is 4.74 Å². The minimum Gasteiger partial charge on any atom is -0.495 e. The maximum absolute atomic E-state index is 12.0. The van der Waals surface area contributed by atoms with Gasteiger partial charge in [-0.15, -0.1) is 0 Å². The SMILES string of the molecule is C=C(C)CNS(=O)(=O)c1cc(C)ccc1OC. The molecule has 0 bridgehead atoms. The molecule has 0 amide bonds. The van der Waals surface area contributed by atoms with Crippen LogP contribution in [-0.4, -0.2) is 22.1 Å². The van der Waals surface area contributed by atoms with E-state index in [2.05, 4.69) is 11.3 Å². The monoisotopic (exact) mass is 255 g/mol. The van der Waals surface area contributed by atoms with Gasteiger partial charge in [0.25, 0.3) is 0 Å². The molecular weight excluding hydrogens is 238 g/mol. The summed E-state index contributed by atoms with van der Waals surface area (Å²) in [5.74, 6) is 0.338. The number of rotatable bonds is 5. The lowest BCUT2D eigenvalue weighted by atomic mass is 10.2. The molecule has 0 saturated heterocycles. The van der Waals surface area contributed by atoms with Gasteiger partial charge in [0.1, 0.15) is 10.6 Å². The van der Waals surface area contributed by atoms with Gasteiger partial charge in [0.15, 0.2) is 0 Å². The van der Waals surface area contributed by atoms with Crippen molar-refractivity contribution in [1.82, 2.24) is 4.72 Å². The number of nitrogens with one attached hydrogen (secondary N) is 1. The number of ether oxygens (including phenoxy) is 1. The van der Waals surface area contributed by atoms with E-state index in [1.165, 1.54) is 7.11 Å². The summed E-state index contributed by atoms with van der Waals surface area (Å²) in [6, 6.07) is 5.03. The number of sulfonamides is 1. The molecular formula is C12H17NO3S. The minimum atomic E-state index is -3.56. The molecule has 17 heavy (non-hydrogen) atoms. The Bertz CT molecular complexity index is 521. The summed E-state index contributed by atoms with van der Waals surface area (Å²) >= 11 is 0. The maximum Gasteiger partial charge on any atom is 0.244 e. The van der Waals surface area contributed by atoms with Crippen LogP contribution in [0, 0.1) is 6.92 Å². The van der Waals surface area contributed by atoms with E-state index in [1.807, 2.05) is 6.92 Å². The summed E-state index contributed by atoms with van der Waals surface area (Å²) in [4.78, 5) is 0.154. The normalized spacial score (nSPS) is 11.2. The summed E-state index contributed by atoms with van der Waals surface area (Å²) < 4.78 is 31.6. The molecule has 0 aliphatic carbocycles. The summed E-state index contributed by atoms with van der Waals surface area (Å²) in [7, 11) is -2.11. The van der Waals surface area contributed by atoms with Crippen LogP contribution < -0.4 is 9.46 Å². The minimum absolute atomic E-state index is 0.154. The molecule has 0 radical (unpaired) electrons. The Labute approximate surface area is 102 Å². The third kappa shape index (κ3) is 3.57. The fraction of sp³-hybridized carbons (Fsp3) is 0.333. The summed E-state index contributed by atoms with van der Waals surface area (Å²) in [6.45, 7) is 7.47. The molecule has 0 unspecified atom stereocenters. The van der Waals surface area contributed by atoms with Crippen molar-refractivity contribution in [3.8, 4) is 5.75 Å². The topological polar surface area (TPSA) is 55.4 Å². The Morgan fingerprint density at radius 3 is 2.65 bits per heavy atom. The van der Waals surface area contributed by atoms with Gasteiger partial charge in [-0.1, -0.05) is 18.2 Å². The van der Waals surface area contributed by atoms with Crippen LogP contribution in [0.15, 0.2) is 35.2 Å². The molecule has 1 aromatic rings. The van der Waals surface area contributed by atoms with Gasteiger partial charge in [0, 0.05) is 6.54 Å². The Morgan fingerprint density at radius 2 is 2.12 bits per heavy atom. The molecule has 4 nitrogen and oxygen atoms in total. The molecule has 0 spiro atoms. The van der Waals surface area contributed by atoms with E-state index in [0.717, 1.165) is 11.1 Å². The Balaban J connectivity index is 3.13. The molecule has 0 fully saturated rings. The maximum atomic E-state index is 12.0. The Morgan fingerprint density at radius 1 is 1.47 bits per heavy atom. The van der Waals surface area contributed by atoms with Crippen LogP contribution in [0.1, 0.15) is 12.5 Å². The van der Waals surface area contributed by atoms with Crippen LogP contribution in [0.25, 0.3) is 0 Å². The molecule has 1 aromatic carbocycles. The Hall–Kier alpha value is -1.33. The summed E-state index contributed by atoms with van der Waals surface area (Å²) in [5.41, 5.74) is 1.61. The smallest absolute Gasteiger partial charge is 0.244 e. The van der Waals surface area contributed by atoms with E-state index in [0.29, 0.717) is 5.75 Å². The number of hydrogen-bond donors (Lipinski definition) is 1. The lowest BCUT2D eigenvalue weighted by Gasteiger charge is -2.11. The van der Waals surface area contributed by atoms with Gasteiger partial charge < -0.3 is 4.74 Å². The second kappa shape index (κ2) is 5.33. The average molecular weight is 255 g/mol. The van der Waals surface area contributed by atoms with Gasteiger partial charge in [-0.05, 0) is 31.5 Å². The lowest BCUT2D eigenvalue weighted by molar-refractivity contribution is 0.402. The third-order valence-electron chi connectivity index (χ3n) is 2.17. The first-order valence-corrected chi connectivity index (χ1v) is 6.64. The zero-order valence-corrected chi connectivity index (χ0v) is 11.1. The number of aryl methyl sites for hydroxylation is 1. The number of hydrogen-bond acceptors (Lipinski definition) is 3. The van der Waals surface area contributed by atoms with Crippen molar-refractivity contribution < 1.29 is 13.2 Å². The second-order valence-corrected chi connectivity index (χ2v) is 5.67. The first-order chi connectivity index (χ1) is 7.86. The summed E-state index contributed by atoms with van der Waals surface area (Å²) in [6.07, 6.45) is 0. The molecule has 0 saturated carbocycles. The highest BCUT2D eigenvalue weighted by molar-refractivity contribution is 7.89. The van der Waals surface area contributed by atoms with E-state index in [-0.39, 0.29) is 11.4 Å². The second-order valence-electron chi connectivity index (χ2n) is 3.94. The van der Waals surface area contributed by atoms with E-state index in [9.17, 15) is 8.42 Å². The number of benzene rings is 1. The van der Waals surface area contributed by atoms with Gasteiger partial charge in [-0.2, -0.15) is 0 Å². The van der Waals surface area contributed by atoms with Crippen molar-refractivity contribution in [2.75, 3.05) is 13.7 Å². The zero-order valence-electron chi connectivity index (χ0n) is 10.3. The highest BCUT2D eigenvalue weighted by Crippen LogP contribution is 2.24. The first-order valence-electron chi connectivity index (χ1n) is 5.15. The fourth-order valence-corrected chi connectivity index (χ4v) is 2.64. The highest BCUT2D eigenvalue weighted by Gasteiger charge is 2.18. The van der Waals surface area contributed by atoms with Crippen LogP contribution in [-0.2, 0) is 10.0 Å². The molecule has 0 aromatic heterocycles. The molecule has 1 rings (SSSR count). The van der Waals surface area contributed by atoms with Crippen molar-refractivity contribution in [3.05, 3.63) is 35.9 Å². The van der Waals surface area contributed by atoms with Crippen molar-refractivity contribution in [2.45, 2.75) is 18.7 Å². The fourth-order valence-electron chi connectivity index (χ4n) is 1.29. The van der Waals surface area contributed by atoms with Crippen LogP contribution in [0.3, 0.4) is 0 Å². The number of methoxy groups -OCH3 is 1. The quantitative estimate of drug-likeness (QED) is 0.817. The van der Waals surface area contributed by atoms with E-state index >= 15 is 0 Å².